The lowest BCUT2D eigenvalue weighted by Crippen LogP contribution is -2.20. The number of hydrogen-bond acceptors (Lipinski definition) is 5. The summed E-state index contributed by atoms with van der Waals surface area (Å²) < 4.78 is 5.13. The number of aryl methyl sites for hydroxylation is 1. The summed E-state index contributed by atoms with van der Waals surface area (Å²) in [7, 11) is 3.48. The molecule has 6 heteroatoms. The SMILES string of the molecule is COc1ccc(CN(C)c2nc(C)nc(Cl)c2C=O)cc1. The van der Waals surface area contributed by atoms with Gasteiger partial charge >= 0.3 is 0 Å². The number of aromatic nitrogens is 2. The van der Waals surface area contributed by atoms with Gasteiger partial charge in [-0.25, -0.2) is 9.97 Å². The monoisotopic (exact) mass is 305 g/mol. The quantitative estimate of drug-likeness (QED) is 0.628. The van der Waals surface area contributed by atoms with Gasteiger partial charge in [0.05, 0.1) is 12.7 Å². The Labute approximate surface area is 128 Å². The normalized spacial score (nSPS) is 10.3. The Hall–Kier alpha value is -2.14. The average Bonchev–Trinajstić information content (AvgIpc) is 2.47. The second-order valence-electron chi connectivity index (χ2n) is 4.62. The van der Waals surface area contributed by atoms with Gasteiger partial charge in [-0.05, 0) is 24.6 Å². The molecule has 0 N–H and O–H groups in total. The Balaban J connectivity index is 2.27. The highest BCUT2D eigenvalue weighted by Gasteiger charge is 2.15. The fraction of sp³-hybridized carbons (Fsp3) is 0.267. The lowest BCUT2D eigenvalue weighted by molar-refractivity contribution is 0.112. The molecule has 110 valence electrons. The van der Waals surface area contributed by atoms with Crippen LogP contribution >= 0.6 is 11.6 Å². The first kappa shape index (κ1) is 15.3. The summed E-state index contributed by atoms with van der Waals surface area (Å²) in [6, 6.07) is 7.71. The van der Waals surface area contributed by atoms with E-state index in [1.54, 1.807) is 14.0 Å². The second kappa shape index (κ2) is 6.54. The molecule has 1 heterocycles. The Morgan fingerprint density at radius 2 is 1.95 bits per heavy atom. The first-order valence-electron chi connectivity index (χ1n) is 6.38. The van der Waals surface area contributed by atoms with Gasteiger partial charge in [-0.2, -0.15) is 0 Å². The van der Waals surface area contributed by atoms with E-state index in [9.17, 15) is 4.79 Å². The Kier molecular flexibility index (Phi) is 4.75. The molecule has 0 bridgehead atoms. The summed E-state index contributed by atoms with van der Waals surface area (Å²) in [5.41, 5.74) is 1.38. The number of benzene rings is 1. The molecule has 2 rings (SSSR count). The van der Waals surface area contributed by atoms with Crippen molar-refractivity contribution in [1.82, 2.24) is 9.97 Å². The second-order valence-corrected chi connectivity index (χ2v) is 4.98. The summed E-state index contributed by atoms with van der Waals surface area (Å²) in [6.07, 6.45) is 0.682. The van der Waals surface area contributed by atoms with Crippen molar-refractivity contribution in [3.05, 3.63) is 46.4 Å². The molecule has 0 aliphatic heterocycles. The van der Waals surface area contributed by atoms with Crippen LogP contribution in [0.5, 0.6) is 5.75 Å². The lowest BCUT2D eigenvalue weighted by atomic mass is 10.2. The molecule has 0 atom stereocenters. The predicted molar refractivity (Wildman–Crippen MR) is 82.3 cm³/mol. The van der Waals surface area contributed by atoms with E-state index in [1.165, 1.54) is 0 Å². The number of aldehydes is 1. The topological polar surface area (TPSA) is 55.3 Å². The van der Waals surface area contributed by atoms with Crippen molar-refractivity contribution >= 4 is 23.7 Å². The molecule has 0 fully saturated rings. The number of halogens is 1. The predicted octanol–water partition coefficient (Wildman–Crippen LogP) is 2.90. The lowest BCUT2D eigenvalue weighted by Gasteiger charge is -2.20. The first-order chi connectivity index (χ1) is 10.0. The van der Waals surface area contributed by atoms with E-state index in [0.29, 0.717) is 30.0 Å². The van der Waals surface area contributed by atoms with Crippen molar-refractivity contribution in [2.24, 2.45) is 0 Å². The summed E-state index contributed by atoms with van der Waals surface area (Å²) >= 11 is 6.00. The van der Waals surface area contributed by atoms with Gasteiger partial charge in [-0.3, -0.25) is 4.79 Å². The smallest absolute Gasteiger partial charge is 0.156 e. The molecule has 2 aromatic rings. The van der Waals surface area contributed by atoms with Crippen molar-refractivity contribution in [1.29, 1.82) is 0 Å². The third kappa shape index (κ3) is 3.49. The van der Waals surface area contributed by atoms with Crippen molar-refractivity contribution in [3.63, 3.8) is 0 Å². The number of methoxy groups -OCH3 is 1. The van der Waals surface area contributed by atoms with Crippen LogP contribution in [0.3, 0.4) is 0 Å². The Bertz CT molecular complexity index is 644. The highest BCUT2D eigenvalue weighted by Crippen LogP contribution is 2.23. The maximum absolute atomic E-state index is 11.2. The summed E-state index contributed by atoms with van der Waals surface area (Å²) in [5.74, 6) is 1.86. The zero-order valence-corrected chi connectivity index (χ0v) is 12.9. The van der Waals surface area contributed by atoms with E-state index in [4.69, 9.17) is 16.3 Å². The Morgan fingerprint density at radius 1 is 1.29 bits per heavy atom. The van der Waals surface area contributed by atoms with Gasteiger partial charge < -0.3 is 9.64 Å². The van der Waals surface area contributed by atoms with E-state index >= 15 is 0 Å². The minimum Gasteiger partial charge on any atom is -0.497 e. The van der Waals surface area contributed by atoms with E-state index in [0.717, 1.165) is 11.3 Å². The highest BCUT2D eigenvalue weighted by atomic mass is 35.5. The first-order valence-corrected chi connectivity index (χ1v) is 6.76. The Morgan fingerprint density at radius 3 is 2.52 bits per heavy atom. The third-order valence-corrected chi connectivity index (χ3v) is 3.34. The molecular formula is C15H16ClN3O2. The number of carbonyl (C=O) groups is 1. The van der Waals surface area contributed by atoms with Crippen LogP contribution in [-0.4, -0.2) is 30.4 Å². The molecule has 21 heavy (non-hydrogen) atoms. The highest BCUT2D eigenvalue weighted by molar-refractivity contribution is 6.32. The van der Waals surface area contributed by atoms with Crippen molar-refractivity contribution in [2.45, 2.75) is 13.5 Å². The van der Waals surface area contributed by atoms with Gasteiger partial charge in [0.15, 0.2) is 6.29 Å². The van der Waals surface area contributed by atoms with Crippen LogP contribution in [0.4, 0.5) is 5.82 Å². The molecule has 1 aromatic heterocycles. The van der Waals surface area contributed by atoms with Crippen LogP contribution < -0.4 is 9.64 Å². The molecule has 0 radical (unpaired) electrons. The van der Waals surface area contributed by atoms with Crippen LogP contribution in [0.1, 0.15) is 21.7 Å². The molecule has 5 nitrogen and oxygen atoms in total. The molecule has 0 saturated heterocycles. The molecule has 0 aliphatic rings. The van der Waals surface area contributed by atoms with Crippen LogP contribution in [0.15, 0.2) is 24.3 Å². The molecule has 1 aromatic carbocycles. The van der Waals surface area contributed by atoms with Crippen molar-refractivity contribution < 1.29 is 9.53 Å². The zero-order chi connectivity index (χ0) is 15.4. The van der Waals surface area contributed by atoms with E-state index in [1.807, 2.05) is 36.2 Å². The van der Waals surface area contributed by atoms with Gasteiger partial charge in [0.1, 0.15) is 22.5 Å². The van der Waals surface area contributed by atoms with E-state index in [2.05, 4.69) is 9.97 Å². The molecule has 0 saturated carbocycles. The standard InChI is InChI=1S/C15H16ClN3O2/c1-10-17-14(16)13(9-20)15(18-10)19(2)8-11-4-6-12(21-3)7-5-11/h4-7,9H,8H2,1-3H3. The molecule has 0 amide bonds. The van der Waals surface area contributed by atoms with Crippen LogP contribution in [0, 0.1) is 6.92 Å². The van der Waals surface area contributed by atoms with Crippen LogP contribution in [0.25, 0.3) is 0 Å². The van der Waals surface area contributed by atoms with Gasteiger partial charge in [0, 0.05) is 13.6 Å². The minimum atomic E-state index is 0.175. The molecule has 0 spiro atoms. The number of hydrogen-bond donors (Lipinski definition) is 0. The number of nitrogens with zero attached hydrogens (tertiary/aromatic N) is 3. The van der Waals surface area contributed by atoms with Crippen molar-refractivity contribution in [3.8, 4) is 5.75 Å². The average molecular weight is 306 g/mol. The van der Waals surface area contributed by atoms with Gasteiger partial charge in [0.2, 0.25) is 0 Å². The number of anilines is 1. The molecule has 0 aliphatic carbocycles. The van der Waals surface area contributed by atoms with E-state index in [-0.39, 0.29) is 5.15 Å². The third-order valence-electron chi connectivity index (χ3n) is 3.05. The number of ether oxygens (including phenoxy) is 1. The number of carbonyl (C=O) groups excluding carboxylic acids is 1. The van der Waals surface area contributed by atoms with Crippen molar-refractivity contribution in [2.75, 3.05) is 19.1 Å². The summed E-state index contributed by atoms with van der Waals surface area (Å²) in [6.45, 7) is 2.34. The summed E-state index contributed by atoms with van der Waals surface area (Å²) in [4.78, 5) is 21.4. The zero-order valence-electron chi connectivity index (χ0n) is 12.1. The van der Waals surface area contributed by atoms with Crippen LogP contribution in [0.2, 0.25) is 5.15 Å². The van der Waals surface area contributed by atoms with Crippen LogP contribution in [-0.2, 0) is 6.54 Å². The van der Waals surface area contributed by atoms with Gasteiger partial charge in [-0.1, -0.05) is 23.7 Å². The molecular weight excluding hydrogens is 290 g/mol. The number of rotatable bonds is 5. The fourth-order valence-electron chi connectivity index (χ4n) is 2.01. The fourth-order valence-corrected chi connectivity index (χ4v) is 2.26. The minimum absolute atomic E-state index is 0.175. The van der Waals surface area contributed by atoms with Gasteiger partial charge in [0.25, 0.3) is 0 Å². The largest absolute Gasteiger partial charge is 0.497 e. The summed E-state index contributed by atoms with van der Waals surface area (Å²) in [5, 5.41) is 0.175. The van der Waals surface area contributed by atoms with E-state index < -0.39 is 0 Å². The maximum Gasteiger partial charge on any atom is 0.156 e. The van der Waals surface area contributed by atoms with Gasteiger partial charge in [-0.15, -0.1) is 0 Å². The molecule has 0 unspecified atom stereocenters. The maximum atomic E-state index is 11.2.